The number of benzene rings is 1. The molecule has 1 saturated heterocycles. The minimum Gasteiger partial charge on any atom is -0.481 e. The van der Waals surface area contributed by atoms with Gasteiger partial charge in [-0.2, -0.15) is 0 Å². The van der Waals surface area contributed by atoms with E-state index in [1.165, 1.54) is 6.07 Å². The van der Waals surface area contributed by atoms with Crippen molar-refractivity contribution < 1.29 is 14.3 Å². The quantitative estimate of drug-likeness (QED) is 0.869. The van der Waals surface area contributed by atoms with Gasteiger partial charge in [0.1, 0.15) is 5.82 Å². The second-order valence-electron chi connectivity index (χ2n) is 5.70. The molecule has 0 amide bonds. The number of halogens is 1. The zero-order valence-electron chi connectivity index (χ0n) is 12.5. The van der Waals surface area contributed by atoms with Crippen LogP contribution in [-0.4, -0.2) is 59.6 Å². The van der Waals surface area contributed by atoms with Crippen LogP contribution in [0.3, 0.4) is 0 Å². The van der Waals surface area contributed by atoms with Crippen molar-refractivity contribution in [1.82, 2.24) is 9.80 Å². The predicted octanol–water partition coefficient (Wildman–Crippen LogP) is 1.85. The Hall–Kier alpha value is -1.46. The van der Waals surface area contributed by atoms with Gasteiger partial charge >= 0.3 is 5.97 Å². The molecule has 1 atom stereocenters. The van der Waals surface area contributed by atoms with E-state index in [0.29, 0.717) is 12.6 Å². The molecule has 1 fully saturated rings. The zero-order valence-corrected chi connectivity index (χ0v) is 12.5. The molecule has 5 heteroatoms. The van der Waals surface area contributed by atoms with Crippen molar-refractivity contribution in [3.05, 3.63) is 35.6 Å². The van der Waals surface area contributed by atoms with Crippen molar-refractivity contribution in [2.45, 2.75) is 25.8 Å². The van der Waals surface area contributed by atoms with Gasteiger partial charge in [0.2, 0.25) is 0 Å². The lowest BCUT2D eigenvalue weighted by Gasteiger charge is -2.38. The predicted molar refractivity (Wildman–Crippen MR) is 79.8 cm³/mol. The molecular formula is C16H23FN2O2. The summed E-state index contributed by atoms with van der Waals surface area (Å²) >= 11 is 0. The largest absolute Gasteiger partial charge is 0.481 e. The maximum absolute atomic E-state index is 13.2. The Labute approximate surface area is 125 Å². The van der Waals surface area contributed by atoms with Crippen LogP contribution in [0.2, 0.25) is 0 Å². The molecule has 0 bridgehead atoms. The number of hydrogen-bond donors (Lipinski definition) is 1. The lowest BCUT2D eigenvalue weighted by atomic mass is 10.1. The Morgan fingerprint density at radius 1 is 1.33 bits per heavy atom. The number of nitrogens with zero attached hydrogens (tertiary/aromatic N) is 2. The van der Waals surface area contributed by atoms with Crippen molar-refractivity contribution in [3.8, 4) is 0 Å². The van der Waals surface area contributed by atoms with Crippen LogP contribution in [0.15, 0.2) is 24.3 Å². The fourth-order valence-electron chi connectivity index (χ4n) is 2.82. The molecular weight excluding hydrogens is 271 g/mol. The highest BCUT2D eigenvalue weighted by molar-refractivity contribution is 5.66. The average molecular weight is 294 g/mol. The van der Waals surface area contributed by atoms with Gasteiger partial charge in [-0.05, 0) is 31.0 Å². The summed E-state index contributed by atoms with van der Waals surface area (Å²) < 4.78 is 13.2. The number of rotatable bonds is 6. The second kappa shape index (κ2) is 7.52. The molecule has 21 heavy (non-hydrogen) atoms. The topological polar surface area (TPSA) is 43.8 Å². The molecule has 0 saturated carbocycles. The Kier molecular flexibility index (Phi) is 5.70. The minimum absolute atomic E-state index is 0.182. The van der Waals surface area contributed by atoms with E-state index in [1.54, 1.807) is 12.1 Å². The molecule has 1 aliphatic heterocycles. The molecule has 0 spiro atoms. The van der Waals surface area contributed by atoms with E-state index in [0.717, 1.165) is 38.2 Å². The molecule has 0 radical (unpaired) electrons. The first kappa shape index (κ1) is 15.9. The van der Waals surface area contributed by atoms with Crippen molar-refractivity contribution in [2.24, 2.45) is 0 Å². The summed E-state index contributed by atoms with van der Waals surface area (Å²) in [5, 5.41) is 8.70. The number of aliphatic carboxylic acids is 1. The third-order valence-corrected chi connectivity index (χ3v) is 4.09. The normalized spacial score (nSPS) is 18.6. The van der Waals surface area contributed by atoms with Crippen LogP contribution in [0.1, 0.15) is 18.9 Å². The van der Waals surface area contributed by atoms with Crippen LogP contribution in [0.5, 0.6) is 0 Å². The van der Waals surface area contributed by atoms with Gasteiger partial charge in [0.25, 0.3) is 0 Å². The fourth-order valence-corrected chi connectivity index (χ4v) is 2.82. The molecule has 1 N–H and O–H groups in total. The van der Waals surface area contributed by atoms with Gasteiger partial charge in [-0.25, -0.2) is 4.39 Å². The van der Waals surface area contributed by atoms with Crippen LogP contribution in [0, 0.1) is 5.82 Å². The smallest absolute Gasteiger partial charge is 0.304 e. The van der Waals surface area contributed by atoms with E-state index in [-0.39, 0.29) is 12.2 Å². The van der Waals surface area contributed by atoms with E-state index in [2.05, 4.69) is 16.7 Å². The Morgan fingerprint density at radius 3 is 2.67 bits per heavy atom. The second-order valence-corrected chi connectivity index (χ2v) is 5.70. The molecule has 0 aliphatic carbocycles. The molecule has 1 aromatic rings. The van der Waals surface area contributed by atoms with Gasteiger partial charge in [-0.1, -0.05) is 12.1 Å². The first-order valence-electron chi connectivity index (χ1n) is 7.47. The number of piperazine rings is 1. The van der Waals surface area contributed by atoms with Crippen molar-refractivity contribution >= 4 is 5.97 Å². The molecule has 1 unspecified atom stereocenters. The summed E-state index contributed by atoms with van der Waals surface area (Å²) in [6, 6.07) is 7.15. The molecule has 2 rings (SSSR count). The van der Waals surface area contributed by atoms with Crippen molar-refractivity contribution in [1.29, 1.82) is 0 Å². The van der Waals surface area contributed by atoms with Crippen molar-refractivity contribution in [2.75, 3.05) is 32.7 Å². The number of hydrogen-bond acceptors (Lipinski definition) is 3. The Morgan fingerprint density at radius 2 is 2.05 bits per heavy atom. The summed E-state index contributed by atoms with van der Waals surface area (Å²) in [4.78, 5) is 15.2. The summed E-state index contributed by atoms with van der Waals surface area (Å²) in [5.41, 5.74) is 1.02. The number of carboxylic acids is 1. The number of carboxylic acid groups (broad SMARTS) is 1. The summed E-state index contributed by atoms with van der Waals surface area (Å²) in [7, 11) is 0. The highest BCUT2D eigenvalue weighted by Crippen LogP contribution is 2.13. The molecule has 0 aromatic heterocycles. The zero-order chi connectivity index (χ0) is 15.2. The summed E-state index contributed by atoms with van der Waals surface area (Å²) in [6.07, 6.45) is 1.05. The molecule has 4 nitrogen and oxygen atoms in total. The maximum atomic E-state index is 13.2. The standard InChI is InChI=1S/C16H23FN2O2/c1-13(11-14-3-2-4-15(17)12-14)19-9-7-18(8-10-19)6-5-16(20)21/h2-4,12-13H,5-11H2,1H3,(H,20,21). The first-order chi connectivity index (χ1) is 10.0. The van der Waals surface area contributed by atoms with Crippen LogP contribution in [0.4, 0.5) is 4.39 Å². The number of carbonyl (C=O) groups is 1. The third kappa shape index (κ3) is 5.10. The average Bonchev–Trinajstić information content (AvgIpc) is 2.45. The molecule has 1 aromatic carbocycles. The van der Waals surface area contributed by atoms with Gasteiger partial charge in [0.15, 0.2) is 0 Å². The lowest BCUT2D eigenvalue weighted by molar-refractivity contribution is -0.137. The van der Waals surface area contributed by atoms with Crippen LogP contribution in [0.25, 0.3) is 0 Å². The molecule has 1 heterocycles. The van der Waals surface area contributed by atoms with Gasteiger partial charge in [0, 0.05) is 38.8 Å². The highest BCUT2D eigenvalue weighted by atomic mass is 19.1. The highest BCUT2D eigenvalue weighted by Gasteiger charge is 2.21. The Balaban J connectivity index is 1.77. The molecule has 116 valence electrons. The van der Waals surface area contributed by atoms with E-state index >= 15 is 0 Å². The van der Waals surface area contributed by atoms with Gasteiger partial charge in [-0.15, -0.1) is 0 Å². The Bertz CT molecular complexity index is 473. The van der Waals surface area contributed by atoms with E-state index in [9.17, 15) is 9.18 Å². The van der Waals surface area contributed by atoms with Gasteiger partial charge in [0.05, 0.1) is 6.42 Å². The van der Waals surface area contributed by atoms with E-state index in [1.807, 2.05) is 6.07 Å². The van der Waals surface area contributed by atoms with Crippen molar-refractivity contribution in [3.63, 3.8) is 0 Å². The third-order valence-electron chi connectivity index (χ3n) is 4.09. The van der Waals surface area contributed by atoms with Gasteiger partial charge in [-0.3, -0.25) is 9.69 Å². The summed E-state index contributed by atoms with van der Waals surface area (Å²) in [6.45, 7) is 6.48. The van der Waals surface area contributed by atoms with Gasteiger partial charge < -0.3 is 10.0 Å². The molecule has 1 aliphatic rings. The summed E-state index contributed by atoms with van der Waals surface area (Å²) in [5.74, 6) is -0.921. The van der Waals surface area contributed by atoms with Crippen LogP contribution >= 0.6 is 0 Å². The maximum Gasteiger partial charge on any atom is 0.304 e. The fraction of sp³-hybridized carbons (Fsp3) is 0.562. The van der Waals surface area contributed by atoms with Crippen LogP contribution in [-0.2, 0) is 11.2 Å². The monoisotopic (exact) mass is 294 g/mol. The van der Waals surface area contributed by atoms with Crippen LogP contribution < -0.4 is 0 Å². The van der Waals surface area contributed by atoms with E-state index in [4.69, 9.17) is 5.11 Å². The minimum atomic E-state index is -0.739. The first-order valence-corrected chi connectivity index (χ1v) is 7.47. The lowest BCUT2D eigenvalue weighted by Crippen LogP contribution is -2.50. The van der Waals surface area contributed by atoms with E-state index < -0.39 is 5.97 Å². The SMILES string of the molecule is CC(Cc1cccc(F)c1)N1CCN(CCC(=O)O)CC1.